The summed E-state index contributed by atoms with van der Waals surface area (Å²) in [5.41, 5.74) is 4.81. The highest BCUT2D eigenvalue weighted by molar-refractivity contribution is 6.83. The molecule has 0 bridgehead atoms. The molecule has 1 aromatic rings. The summed E-state index contributed by atoms with van der Waals surface area (Å²) in [4.78, 5) is 0. The standard InChI is InChI=1S/C16H22Si/c1-5-15(13-14-17(2,3)4)11-12-16-9-7-6-8-10-16/h5-10,15H,1,11-12H2,2-4H3/t15-/m1/s1. The third-order valence-corrected chi connectivity index (χ3v) is 3.40. The number of hydrogen-bond donors (Lipinski definition) is 0. The van der Waals surface area contributed by atoms with Crippen LogP contribution in [0.25, 0.3) is 0 Å². The minimum atomic E-state index is -1.25. The van der Waals surface area contributed by atoms with Gasteiger partial charge in [-0.25, -0.2) is 0 Å². The highest BCUT2D eigenvalue weighted by Gasteiger charge is 2.08. The fraction of sp³-hybridized carbons (Fsp3) is 0.375. The summed E-state index contributed by atoms with van der Waals surface area (Å²) in [5.74, 6) is 3.71. The molecule has 0 aliphatic carbocycles. The van der Waals surface area contributed by atoms with Crippen LogP contribution in [0.15, 0.2) is 43.0 Å². The Morgan fingerprint density at radius 2 is 1.88 bits per heavy atom. The van der Waals surface area contributed by atoms with Crippen molar-refractivity contribution in [3.63, 3.8) is 0 Å². The van der Waals surface area contributed by atoms with Crippen LogP contribution in [0.3, 0.4) is 0 Å². The first-order valence-corrected chi connectivity index (χ1v) is 9.70. The topological polar surface area (TPSA) is 0 Å². The molecule has 1 aromatic carbocycles. The van der Waals surface area contributed by atoms with Crippen molar-refractivity contribution in [3.8, 4) is 11.5 Å². The monoisotopic (exact) mass is 242 g/mol. The zero-order chi connectivity index (χ0) is 12.7. The predicted octanol–water partition coefficient (Wildman–Crippen LogP) is 4.30. The van der Waals surface area contributed by atoms with E-state index in [2.05, 4.69) is 68.0 Å². The van der Waals surface area contributed by atoms with Gasteiger partial charge in [0.15, 0.2) is 0 Å². The van der Waals surface area contributed by atoms with Gasteiger partial charge < -0.3 is 0 Å². The summed E-state index contributed by atoms with van der Waals surface area (Å²) < 4.78 is 0. The Morgan fingerprint density at radius 1 is 1.24 bits per heavy atom. The maximum absolute atomic E-state index is 3.89. The lowest BCUT2D eigenvalue weighted by molar-refractivity contribution is 0.730. The molecule has 1 atom stereocenters. The minimum absolute atomic E-state index is 0.335. The summed E-state index contributed by atoms with van der Waals surface area (Å²) in [6, 6.07) is 10.6. The highest BCUT2D eigenvalue weighted by atomic mass is 28.3. The van der Waals surface area contributed by atoms with Gasteiger partial charge in [0.25, 0.3) is 0 Å². The van der Waals surface area contributed by atoms with Crippen LogP contribution in [0.4, 0.5) is 0 Å². The Balaban J connectivity index is 2.53. The SMILES string of the molecule is C=C[C@@H](C#C[Si](C)(C)C)CCc1ccccc1. The Kier molecular flexibility index (Phi) is 5.25. The largest absolute Gasteiger partial charge is 0.131 e. The van der Waals surface area contributed by atoms with Crippen molar-refractivity contribution in [3.05, 3.63) is 48.6 Å². The van der Waals surface area contributed by atoms with Crippen molar-refractivity contribution in [2.45, 2.75) is 32.5 Å². The number of benzene rings is 1. The van der Waals surface area contributed by atoms with Crippen LogP contribution in [0.5, 0.6) is 0 Å². The van der Waals surface area contributed by atoms with Crippen molar-refractivity contribution in [2.75, 3.05) is 0 Å². The third kappa shape index (κ3) is 6.14. The van der Waals surface area contributed by atoms with E-state index in [9.17, 15) is 0 Å². The van der Waals surface area contributed by atoms with Gasteiger partial charge in [-0.2, -0.15) is 0 Å². The van der Waals surface area contributed by atoms with E-state index >= 15 is 0 Å². The number of hydrogen-bond acceptors (Lipinski definition) is 0. The van der Waals surface area contributed by atoms with Crippen LogP contribution in [-0.2, 0) is 6.42 Å². The van der Waals surface area contributed by atoms with Crippen LogP contribution < -0.4 is 0 Å². The molecule has 0 nitrogen and oxygen atoms in total. The van der Waals surface area contributed by atoms with E-state index in [-0.39, 0.29) is 0 Å². The van der Waals surface area contributed by atoms with Crippen molar-refractivity contribution >= 4 is 8.07 Å². The molecule has 0 N–H and O–H groups in total. The molecule has 0 aliphatic rings. The third-order valence-electron chi connectivity index (χ3n) is 2.50. The van der Waals surface area contributed by atoms with Gasteiger partial charge in [-0.1, -0.05) is 56.0 Å². The van der Waals surface area contributed by atoms with Crippen LogP contribution >= 0.6 is 0 Å². The molecule has 0 amide bonds. The molecule has 0 heterocycles. The van der Waals surface area contributed by atoms with Gasteiger partial charge in [0, 0.05) is 5.92 Å². The van der Waals surface area contributed by atoms with E-state index in [0.29, 0.717) is 5.92 Å². The van der Waals surface area contributed by atoms with Crippen LogP contribution in [0.2, 0.25) is 19.6 Å². The zero-order valence-corrected chi connectivity index (χ0v) is 12.2. The van der Waals surface area contributed by atoms with Crippen molar-refractivity contribution < 1.29 is 0 Å². The molecule has 0 saturated carbocycles. The molecule has 0 aromatic heterocycles. The van der Waals surface area contributed by atoms with E-state index < -0.39 is 8.07 Å². The molecule has 17 heavy (non-hydrogen) atoms. The quantitative estimate of drug-likeness (QED) is 0.419. The second kappa shape index (κ2) is 6.47. The summed E-state index contributed by atoms with van der Waals surface area (Å²) in [5, 5.41) is 0. The van der Waals surface area contributed by atoms with E-state index in [4.69, 9.17) is 0 Å². The average molecular weight is 242 g/mol. The van der Waals surface area contributed by atoms with Crippen LogP contribution in [0.1, 0.15) is 12.0 Å². The summed E-state index contributed by atoms with van der Waals surface area (Å²) in [7, 11) is -1.25. The Bertz CT molecular complexity index is 401. The van der Waals surface area contributed by atoms with Crippen LogP contribution in [-0.4, -0.2) is 8.07 Å². The van der Waals surface area contributed by atoms with Crippen molar-refractivity contribution in [2.24, 2.45) is 5.92 Å². The van der Waals surface area contributed by atoms with Gasteiger partial charge in [0.2, 0.25) is 0 Å². The average Bonchev–Trinajstić information content (AvgIpc) is 2.29. The van der Waals surface area contributed by atoms with E-state index in [1.165, 1.54) is 5.56 Å². The smallest absolute Gasteiger partial charge is 0.129 e. The fourth-order valence-electron chi connectivity index (χ4n) is 1.52. The second-order valence-electron chi connectivity index (χ2n) is 5.39. The Morgan fingerprint density at radius 3 is 2.41 bits per heavy atom. The van der Waals surface area contributed by atoms with Gasteiger partial charge in [-0.15, -0.1) is 18.0 Å². The van der Waals surface area contributed by atoms with Gasteiger partial charge >= 0.3 is 0 Å². The van der Waals surface area contributed by atoms with Gasteiger partial charge in [0.05, 0.1) is 0 Å². The number of rotatable bonds is 4. The van der Waals surface area contributed by atoms with Crippen molar-refractivity contribution in [1.29, 1.82) is 0 Å². The molecule has 90 valence electrons. The molecule has 0 spiro atoms. The first kappa shape index (κ1) is 13.8. The minimum Gasteiger partial charge on any atom is -0.131 e. The Hall–Kier alpha value is -1.26. The molecule has 0 aliphatic heterocycles. The van der Waals surface area contributed by atoms with Crippen LogP contribution in [0, 0.1) is 17.4 Å². The first-order chi connectivity index (χ1) is 8.01. The molecule has 0 radical (unpaired) electrons. The van der Waals surface area contributed by atoms with Gasteiger partial charge in [-0.05, 0) is 18.4 Å². The normalized spacial score (nSPS) is 12.4. The lowest BCUT2D eigenvalue weighted by atomic mass is 10.0. The summed E-state index contributed by atoms with van der Waals surface area (Å²) in [6.45, 7) is 10.7. The van der Waals surface area contributed by atoms with E-state index in [0.717, 1.165) is 12.8 Å². The van der Waals surface area contributed by atoms with Gasteiger partial charge in [0.1, 0.15) is 8.07 Å². The molecule has 0 saturated heterocycles. The zero-order valence-electron chi connectivity index (χ0n) is 11.2. The second-order valence-corrected chi connectivity index (χ2v) is 10.1. The summed E-state index contributed by atoms with van der Waals surface area (Å²) in [6.07, 6.45) is 4.14. The Labute approximate surface area is 107 Å². The lowest BCUT2D eigenvalue weighted by Crippen LogP contribution is -2.17. The molecule has 1 rings (SSSR count). The molecule has 1 heteroatoms. The molecular formula is C16H22Si. The van der Waals surface area contributed by atoms with E-state index in [1.807, 2.05) is 6.08 Å². The highest BCUT2D eigenvalue weighted by Crippen LogP contribution is 2.10. The molecule has 0 fully saturated rings. The van der Waals surface area contributed by atoms with E-state index in [1.54, 1.807) is 0 Å². The van der Waals surface area contributed by atoms with Crippen molar-refractivity contribution in [1.82, 2.24) is 0 Å². The summed E-state index contributed by atoms with van der Waals surface area (Å²) >= 11 is 0. The predicted molar refractivity (Wildman–Crippen MR) is 79.6 cm³/mol. The maximum atomic E-state index is 3.89. The number of allylic oxidation sites excluding steroid dienone is 1. The molecule has 0 unspecified atom stereocenters. The molecular weight excluding hydrogens is 220 g/mol. The fourth-order valence-corrected chi connectivity index (χ4v) is 2.14. The first-order valence-electron chi connectivity index (χ1n) is 6.20. The number of aryl methyl sites for hydroxylation is 1. The maximum Gasteiger partial charge on any atom is 0.129 e. The van der Waals surface area contributed by atoms with Gasteiger partial charge in [-0.3, -0.25) is 0 Å². The lowest BCUT2D eigenvalue weighted by Gasteiger charge is -2.08.